The third-order valence-corrected chi connectivity index (χ3v) is 4.77. The second-order valence-corrected chi connectivity index (χ2v) is 6.48. The van der Waals surface area contributed by atoms with Gasteiger partial charge in [-0.25, -0.2) is 0 Å². The normalized spacial score (nSPS) is 18.9. The monoisotopic (exact) mass is 338 g/mol. The van der Waals surface area contributed by atoms with E-state index in [0.29, 0.717) is 42.7 Å². The van der Waals surface area contributed by atoms with Crippen LogP contribution in [0.3, 0.4) is 0 Å². The molecule has 25 heavy (non-hydrogen) atoms. The third kappa shape index (κ3) is 3.40. The van der Waals surface area contributed by atoms with E-state index in [1.165, 1.54) is 5.69 Å². The first-order valence-corrected chi connectivity index (χ1v) is 8.78. The molecule has 0 bridgehead atoms. The molecule has 1 atom stereocenters. The van der Waals surface area contributed by atoms with Crippen molar-refractivity contribution in [2.45, 2.75) is 6.42 Å². The predicted molar refractivity (Wildman–Crippen MR) is 96.5 cm³/mol. The fraction of sp³-hybridized carbons (Fsp3) is 0.350. The molecule has 2 heterocycles. The molecule has 2 aromatic carbocycles. The summed E-state index contributed by atoms with van der Waals surface area (Å²) in [5.74, 6) is 1.57. The van der Waals surface area contributed by atoms with Gasteiger partial charge in [-0.3, -0.25) is 4.79 Å². The second-order valence-electron chi connectivity index (χ2n) is 6.48. The molecule has 2 aliphatic heterocycles. The SMILES string of the molecule is O=C(NCC1CCN(c2ccccc2)C1)c1cccc2c1OCCO2. The summed E-state index contributed by atoms with van der Waals surface area (Å²) >= 11 is 0. The van der Waals surface area contributed by atoms with Gasteiger partial charge in [0, 0.05) is 25.3 Å². The van der Waals surface area contributed by atoms with Crippen LogP contribution in [-0.2, 0) is 0 Å². The summed E-state index contributed by atoms with van der Waals surface area (Å²) < 4.78 is 11.2. The summed E-state index contributed by atoms with van der Waals surface area (Å²) in [6, 6.07) is 15.9. The Morgan fingerprint density at radius 3 is 2.80 bits per heavy atom. The number of ether oxygens (including phenoxy) is 2. The van der Waals surface area contributed by atoms with Crippen LogP contribution in [0.2, 0.25) is 0 Å². The molecule has 1 amide bonds. The zero-order valence-corrected chi connectivity index (χ0v) is 14.1. The van der Waals surface area contributed by atoms with Gasteiger partial charge < -0.3 is 19.7 Å². The van der Waals surface area contributed by atoms with E-state index in [0.717, 1.165) is 19.5 Å². The number of carbonyl (C=O) groups is 1. The summed E-state index contributed by atoms with van der Waals surface area (Å²) in [7, 11) is 0. The Morgan fingerprint density at radius 2 is 1.92 bits per heavy atom. The highest BCUT2D eigenvalue weighted by molar-refractivity contribution is 5.97. The highest BCUT2D eigenvalue weighted by Crippen LogP contribution is 2.33. The standard InChI is InChI=1S/C20H22N2O3/c23-20(17-7-4-8-18-19(17)25-12-11-24-18)21-13-15-9-10-22(14-15)16-5-2-1-3-6-16/h1-8,15H,9-14H2,(H,21,23). The maximum atomic E-state index is 12.6. The van der Waals surface area contributed by atoms with E-state index in [9.17, 15) is 4.79 Å². The van der Waals surface area contributed by atoms with Gasteiger partial charge in [-0.1, -0.05) is 24.3 Å². The average molecular weight is 338 g/mol. The minimum Gasteiger partial charge on any atom is -0.486 e. The molecule has 130 valence electrons. The number of carbonyl (C=O) groups excluding carboxylic acids is 1. The molecule has 0 radical (unpaired) electrons. The topological polar surface area (TPSA) is 50.8 Å². The Bertz CT molecular complexity index is 748. The van der Waals surface area contributed by atoms with Gasteiger partial charge in [0.05, 0.1) is 5.56 Å². The van der Waals surface area contributed by atoms with Gasteiger partial charge in [-0.2, -0.15) is 0 Å². The van der Waals surface area contributed by atoms with Crippen LogP contribution in [-0.4, -0.2) is 38.8 Å². The van der Waals surface area contributed by atoms with Gasteiger partial charge >= 0.3 is 0 Å². The maximum Gasteiger partial charge on any atom is 0.255 e. The maximum absolute atomic E-state index is 12.6. The molecule has 1 saturated heterocycles. The van der Waals surface area contributed by atoms with E-state index in [4.69, 9.17) is 9.47 Å². The van der Waals surface area contributed by atoms with E-state index < -0.39 is 0 Å². The fourth-order valence-corrected chi connectivity index (χ4v) is 3.46. The molecular formula is C20H22N2O3. The number of anilines is 1. The van der Waals surface area contributed by atoms with E-state index in [1.807, 2.05) is 18.2 Å². The number of hydrogen-bond acceptors (Lipinski definition) is 4. The number of hydrogen-bond donors (Lipinski definition) is 1. The van der Waals surface area contributed by atoms with Crippen LogP contribution < -0.4 is 19.7 Å². The largest absolute Gasteiger partial charge is 0.486 e. The minimum atomic E-state index is -0.0967. The molecule has 1 unspecified atom stereocenters. The van der Waals surface area contributed by atoms with E-state index in [2.05, 4.69) is 34.5 Å². The molecule has 5 nitrogen and oxygen atoms in total. The van der Waals surface area contributed by atoms with Crippen molar-refractivity contribution in [3.05, 3.63) is 54.1 Å². The lowest BCUT2D eigenvalue weighted by atomic mass is 10.1. The molecule has 4 rings (SSSR count). The van der Waals surface area contributed by atoms with Gasteiger partial charge in [0.2, 0.25) is 0 Å². The smallest absolute Gasteiger partial charge is 0.255 e. The Morgan fingerprint density at radius 1 is 1.08 bits per heavy atom. The Kier molecular flexibility index (Phi) is 4.46. The van der Waals surface area contributed by atoms with Crippen LogP contribution in [0.25, 0.3) is 0 Å². The predicted octanol–water partition coefficient (Wildman–Crippen LogP) is 2.71. The lowest BCUT2D eigenvalue weighted by Crippen LogP contribution is -2.31. The zero-order valence-electron chi connectivity index (χ0n) is 14.1. The lowest BCUT2D eigenvalue weighted by molar-refractivity contribution is 0.0937. The molecule has 0 spiro atoms. The number of para-hydroxylation sites is 2. The van der Waals surface area contributed by atoms with Crippen LogP contribution in [0.5, 0.6) is 11.5 Å². The van der Waals surface area contributed by atoms with Crippen LogP contribution in [0.1, 0.15) is 16.8 Å². The van der Waals surface area contributed by atoms with Crippen molar-refractivity contribution < 1.29 is 14.3 Å². The van der Waals surface area contributed by atoms with Crippen LogP contribution in [0.4, 0.5) is 5.69 Å². The summed E-state index contributed by atoms with van der Waals surface area (Å²) in [4.78, 5) is 14.9. The fourth-order valence-electron chi connectivity index (χ4n) is 3.46. The average Bonchev–Trinajstić information content (AvgIpc) is 3.15. The number of nitrogens with zero attached hydrogens (tertiary/aromatic N) is 1. The Balaban J connectivity index is 1.36. The summed E-state index contributed by atoms with van der Waals surface area (Å²) in [5, 5.41) is 3.06. The second kappa shape index (κ2) is 7.05. The zero-order chi connectivity index (χ0) is 17.1. The minimum absolute atomic E-state index is 0.0967. The first-order valence-electron chi connectivity index (χ1n) is 8.78. The van der Waals surface area contributed by atoms with E-state index in [-0.39, 0.29) is 5.91 Å². The van der Waals surface area contributed by atoms with Gasteiger partial charge in [-0.15, -0.1) is 0 Å². The van der Waals surface area contributed by atoms with E-state index >= 15 is 0 Å². The lowest BCUT2D eigenvalue weighted by Gasteiger charge is -2.21. The van der Waals surface area contributed by atoms with E-state index in [1.54, 1.807) is 6.07 Å². The first kappa shape index (κ1) is 15.8. The number of fused-ring (bicyclic) bond motifs is 1. The van der Waals surface area contributed by atoms with Crippen LogP contribution in [0.15, 0.2) is 48.5 Å². The van der Waals surface area contributed by atoms with Crippen molar-refractivity contribution >= 4 is 11.6 Å². The van der Waals surface area contributed by atoms with Crippen LogP contribution in [0, 0.1) is 5.92 Å². The summed E-state index contributed by atoms with van der Waals surface area (Å²) in [6.45, 7) is 3.67. The highest BCUT2D eigenvalue weighted by atomic mass is 16.6. The molecular weight excluding hydrogens is 316 g/mol. The highest BCUT2D eigenvalue weighted by Gasteiger charge is 2.25. The van der Waals surface area contributed by atoms with Gasteiger partial charge in [-0.05, 0) is 36.6 Å². The number of nitrogens with one attached hydrogen (secondary N) is 1. The van der Waals surface area contributed by atoms with Crippen molar-refractivity contribution in [1.82, 2.24) is 5.32 Å². The third-order valence-electron chi connectivity index (χ3n) is 4.77. The van der Waals surface area contributed by atoms with Crippen molar-refractivity contribution in [3.63, 3.8) is 0 Å². The Labute approximate surface area is 147 Å². The number of rotatable bonds is 4. The van der Waals surface area contributed by atoms with Gasteiger partial charge in [0.1, 0.15) is 13.2 Å². The van der Waals surface area contributed by atoms with Crippen molar-refractivity contribution in [2.24, 2.45) is 5.92 Å². The summed E-state index contributed by atoms with van der Waals surface area (Å²) in [5.41, 5.74) is 1.80. The summed E-state index contributed by atoms with van der Waals surface area (Å²) in [6.07, 6.45) is 1.09. The van der Waals surface area contributed by atoms with Crippen molar-refractivity contribution in [2.75, 3.05) is 37.7 Å². The Hall–Kier alpha value is -2.69. The van der Waals surface area contributed by atoms with Gasteiger partial charge in [0.15, 0.2) is 11.5 Å². The molecule has 2 aromatic rings. The molecule has 0 aromatic heterocycles. The first-order chi connectivity index (χ1) is 12.3. The molecule has 5 heteroatoms. The van der Waals surface area contributed by atoms with Crippen molar-refractivity contribution in [1.29, 1.82) is 0 Å². The number of amides is 1. The van der Waals surface area contributed by atoms with Gasteiger partial charge in [0.25, 0.3) is 5.91 Å². The quantitative estimate of drug-likeness (QED) is 0.931. The molecule has 1 N–H and O–H groups in total. The molecule has 0 saturated carbocycles. The van der Waals surface area contributed by atoms with Crippen molar-refractivity contribution in [3.8, 4) is 11.5 Å². The molecule has 1 fully saturated rings. The molecule has 0 aliphatic carbocycles. The number of benzene rings is 2. The van der Waals surface area contributed by atoms with Crippen LogP contribution >= 0.6 is 0 Å². The molecule has 2 aliphatic rings.